The number of piperazine rings is 1. The molecule has 0 bridgehead atoms. The number of hydrogen-bond acceptors (Lipinski definition) is 3. The van der Waals surface area contributed by atoms with E-state index in [-0.39, 0.29) is 0 Å². The van der Waals surface area contributed by atoms with Gasteiger partial charge in [0.25, 0.3) is 0 Å². The summed E-state index contributed by atoms with van der Waals surface area (Å²) in [7, 11) is 4.44. The van der Waals surface area contributed by atoms with Gasteiger partial charge in [-0.1, -0.05) is 19.9 Å². The average Bonchev–Trinajstić information content (AvgIpc) is 2.46. The SMILES string of the molecule is C=CC1(CN2CCN(C)CC2)CCN(C)CC1.CC. The highest BCUT2D eigenvalue weighted by Crippen LogP contribution is 2.33. The van der Waals surface area contributed by atoms with Crippen LogP contribution in [0.5, 0.6) is 0 Å². The number of nitrogens with zero attached hydrogens (tertiary/aromatic N) is 3. The van der Waals surface area contributed by atoms with Gasteiger partial charge in [-0.15, -0.1) is 6.58 Å². The monoisotopic (exact) mass is 267 g/mol. The van der Waals surface area contributed by atoms with Crippen molar-refractivity contribution in [3.05, 3.63) is 12.7 Å². The third-order valence-corrected chi connectivity index (χ3v) is 4.55. The molecule has 2 saturated heterocycles. The Bertz CT molecular complexity index is 249. The van der Waals surface area contributed by atoms with Crippen molar-refractivity contribution in [3.63, 3.8) is 0 Å². The van der Waals surface area contributed by atoms with Crippen molar-refractivity contribution >= 4 is 0 Å². The molecule has 0 saturated carbocycles. The molecule has 0 spiro atoms. The van der Waals surface area contributed by atoms with Crippen LogP contribution in [-0.4, -0.2) is 74.6 Å². The molecule has 2 aliphatic heterocycles. The van der Waals surface area contributed by atoms with Gasteiger partial charge in [-0.25, -0.2) is 0 Å². The predicted octanol–water partition coefficient (Wildman–Crippen LogP) is 2.16. The second-order valence-corrected chi connectivity index (χ2v) is 5.95. The van der Waals surface area contributed by atoms with Gasteiger partial charge in [-0.05, 0) is 40.0 Å². The van der Waals surface area contributed by atoms with Crippen LogP contribution >= 0.6 is 0 Å². The normalized spacial score (nSPS) is 25.5. The first-order valence-electron chi connectivity index (χ1n) is 7.87. The zero-order valence-corrected chi connectivity index (χ0v) is 13.5. The Morgan fingerprint density at radius 3 is 1.84 bits per heavy atom. The van der Waals surface area contributed by atoms with Crippen molar-refractivity contribution in [2.24, 2.45) is 5.41 Å². The first kappa shape index (κ1) is 16.7. The number of likely N-dealkylation sites (tertiary alicyclic amines) is 1. The summed E-state index contributed by atoms with van der Waals surface area (Å²) in [4.78, 5) is 7.49. The van der Waals surface area contributed by atoms with Crippen molar-refractivity contribution in [1.29, 1.82) is 0 Å². The lowest BCUT2D eigenvalue weighted by molar-refractivity contribution is 0.0784. The van der Waals surface area contributed by atoms with Crippen LogP contribution in [0.1, 0.15) is 26.7 Å². The summed E-state index contributed by atoms with van der Waals surface area (Å²) < 4.78 is 0. The maximum absolute atomic E-state index is 4.11. The largest absolute Gasteiger partial charge is 0.306 e. The first-order chi connectivity index (χ1) is 9.13. The maximum Gasteiger partial charge on any atom is 0.0110 e. The maximum atomic E-state index is 4.11. The van der Waals surface area contributed by atoms with Crippen molar-refractivity contribution in [2.45, 2.75) is 26.7 Å². The van der Waals surface area contributed by atoms with Crippen LogP contribution in [0.15, 0.2) is 12.7 Å². The number of hydrogen-bond donors (Lipinski definition) is 0. The van der Waals surface area contributed by atoms with E-state index in [9.17, 15) is 0 Å². The molecule has 3 heteroatoms. The standard InChI is InChI=1S/C14H27N3.C2H6/c1-4-14(5-7-15(2)8-6-14)13-17-11-9-16(3)10-12-17;1-2/h4H,1,5-13H2,2-3H3;1-2H3. The second-order valence-electron chi connectivity index (χ2n) is 5.95. The Hall–Kier alpha value is -0.380. The molecular weight excluding hydrogens is 234 g/mol. The molecule has 0 aromatic rings. The van der Waals surface area contributed by atoms with Gasteiger partial charge in [-0.2, -0.15) is 0 Å². The summed E-state index contributed by atoms with van der Waals surface area (Å²) in [5.41, 5.74) is 0.377. The lowest BCUT2D eigenvalue weighted by Crippen LogP contribution is -2.50. The van der Waals surface area contributed by atoms with E-state index in [0.717, 1.165) is 0 Å². The molecule has 0 aromatic carbocycles. The Morgan fingerprint density at radius 2 is 1.37 bits per heavy atom. The van der Waals surface area contributed by atoms with E-state index in [4.69, 9.17) is 0 Å². The lowest BCUT2D eigenvalue weighted by Gasteiger charge is -2.43. The molecule has 0 radical (unpaired) electrons. The first-order valence-corrected chi connectivity index (χ1v) is 7.87. The summed E-state index contributed by atoms with van der Waals surface area (Å²) in [6, 6.07) is 0. The van der Waals surface area contributed by atoms with Gasteiger partial charge in [0.15, 0.2) is 0 Å². The van der Waals surface area contributed by atoms with Crippen molar-refractivity contribution in [2.75, 3.05) is 59.9 Å². The van der Waals surface area contributed by atoms with Crippen LogP contribution in [0.3, 0.4) is 0 Å². The van der Waals surface area contributed by atoms with Crippen molar-refractivity contribution < 1.29 is 0 Å². The van der Waals surface area contributed by atoms with E-state index in [2.05, 4.69) is 41.5 Å². The van der Waals surface area contributed by atoms with Crippen LogP contribution in [0, 0.1) is 5.41 Å². The topological polar surface area (TPSA) is 9.72 Å². The van der Waals surface area contributed by atoms with E-state index in [1.54, 1.807) is 0 Å². The number of likely N-dealkylation sites (N-methyl/N-ethyl adjacent to an activating group) is 1. The fraction of sp³-hybridized carbons (Fsp3) is 0.875. The third-order valence-electron chi connectivity index (χ3n) is 4.55. The molecule has 112 valence electrons. The molecule has 0 atom stereocenters. The van der Waals surface area contributed by atoms with Crippen molar-refractivity contribution in [3.8, 4) is 0 Å². The van der Waals surface area contributed by atoms with Crippen LogP contribution in [0.4, 0.5) is 0 Å². The second kappa shape index (κ2) is 8.03. The highest BCUT2D eigenvalue weighted by molar-refractivity contribution is 5.00. The average molecular weight is 267 g/mol. The lowest BCUT2D eigenvalue weighted by atomic mass is 9.78. The van der Waals surface area contributed by atoms with Gasteiger partial charge in [0.05, 0.1) is 0 Å². The van der Waals surface area contributed by atoms with Crippen LogP contribution in [-0.2, 0) is 0 Å². The van der Waals surface area contributed by atoms with E-state index in [1.807, 2.05) is 13.8 Å². The number of rotatable bonds is 3. The molecule has 2 heterocycles. The molecular formula is C16H33N3. The quantitative estimate of drug-likeness (QED) is 0.726. The molecule has 2 rings (SSSR count). The summed E-state index contributed by atoms with van der Waals surface area (Å²) in [6.07, 6.45) is 4.79. The fourth-order valence-corrected chi connectivity index (χ4v) is 2.94. The van der Waals surface area contributed by atoms with Crippen LogP contribution in [0.2, 0.25) is 0 Å². The highest BCUT2D eigenvalue weighted by Gasteiger charge is 2.33. The Morgan fingerprint density at radius 1 is 0.895 bits per heavy atom. The molecule has 0 aliphatic carbocycles. The van der Waals surface area contributed by atoms with Gasteiger partial charge in [0.2, 0.25) is 0 Å². The predicted molar refractivity (Wildman–Crippen MR) is 84.6 cm³/mol. The molecule has 19 heavy (non-hydrogen) atoms. The minimum absolute atomic E-state index is 0.377. The zero-order chi connectivity index (χ0) is 14.3. The van der Waals surface area contributed by atoms with E-state index in [0.29, 0.717) is 5.41 Å². The van der Waals surface area contributed by atoms with E-state index < -0.39 is 0 Å². The Kier molecular flexibility index (Phi) is 7.05. The summed E-state index contributed by atoms with van der Waals surface area (Å²) in [5.74, 6) is 0. The molecule has 0 N–H and O–H groups in total. The molecule has 2 aliphatic rings. The van der Waals surface area contributed by atoms with Gasteiger partial charge in [0, 0.05) is 38.1 Å². The van der Waals surface area contributed by atoms with Gasteiger partial charge < -0.3 is 9.80 Å². The van der Waals surface area contributed by atoms with Crippen LogP contribution in [0.25, 0.3) is 0 Å². The molecule has 0 amide bonds. The smallest absolute Gasteiger partial charge is 0.0110 e. The van der Waals surface area contributed by atoms with E-state index in [1.165, 1.54) is 58.7 Å². The minimum atomic E-state index is 0.377. The summed E-state index contributed by atoms with van der Waals surface area (Å²) in [6.45, 7) is 16.6. The Balaban J connectivity index is 0.000000861. The van der Waals surface area contributed by atoms with E-state index >= 15 is 0 Å². The zero-order valence-electron chi connectivity index (χ0n) is 13.5. The van der Waals surface area contributed by atoms with Gasteiger partial charge >= 0.3 is 0 Å². The minimum Gasteiger partial charge on any atom is -0.306 e. The van der Waals surface area contributed by atoms with Crippen molar-refractivity contribution in [1.82, 2.24) is 14.7 Å². The molecule has 0 aromatic heterocycles. The molecule has 2 fully saturated rings. The summed E-state index contributed by atoms with van der Waals surface area (Å²) in [5, 5.41) is 0. The fourth-order valence-electron chi connectivity index (χ4n) is 2.94. The van der Waals surface area contributed by atoms with Gasteiger partial charge in [0.1, 0.15) is 0 Å². The third kappa shape index (κ3) is 4.90. The van der Waals surface area contributed by atoms with Crippen LogP contribution < -0.4 is 0 Å². The van der Waals surface area contributed by atoms with Gasteiger partial charge in [-0.3, -0.25) is 4.90 Å². The highest BCUT2D eigenvalue weighted by atomic mass is 15.2. The number of piperidine rings is 1. The molecule has 3 nitrogen and oxygen atoms in total. The molecule has 0 unspecified atom stereocenters. The Labute approximate surface area is 120 Å². The summed E-state index contributed by atoms with van der Waals surface area (Å²) >= 11 is 0.